The monoisotopic (exact) mass is 322 g/mol. The van der Waals surface area contributed by atoms with E-state index in [4.69, 9.17) is 0 Å². The Labute approximate surface area is 129 Å². The molecule has 0 unspecified atom stereocenters. The molecule has 0 bridgehead atoms. The third-order valence-corrected chi connectivity index (χ3v) is 4.91. The number of sulfonamides is 1. The molecular formula is C14H18N4O3S. The third-order valence-electron chi connectivity index (χ3n) is 3.08. The largest absolute Gasteiger partial charge is 0.350 e. The van der Waals surface area contributed by atoms with Gasteiger partial charge in [-0.05, 0) is 30.3 Å². The summed E-state index contributed by atoms with van der Waals surface area (Å²) in [6.07, 6.45) is 3.48. The zero-order valence-electron chi connectivity index (χ0n) is 12.4. The number of aromatic nitrogens is 2. The summed E-state index contributed by atoms with van der Waals surface area (Å²) >= 11 is 0. The molecule has 2 rings (SSSR count). The van der Waals surface area contributed by atoms with E-state index in [0.717, 1.165) is 4.31 Å². The Morgan fingerprint density at radius 3 is 2.50 bits per heavy atom. The van der Waals surface area contributed by atoms with Gasteiger partial charge in [0.15, 0.2) is 0 Å². The van der Waals surface area contributed by atoms with Crippen molar-refractivity contribution >= 4 is 15.9 Å². The topological polar surface area (TPSA) is 84.3 Å². The number of carbonyl (C=O) groups is 1. The van der Waals surface area contributed by atoms with Crippen LogP contribution in [0.2, 0.25) is 0 Å². The SMILES string of the molecule is CN(C)S(=O)(=O)c1ccc(C(=O)NCCn2cccn2)cc1. The predicted molar refractivity (Wildman–Crippen MR) is 81.9 cm³/mol. The second kappa shape index (κ2) is 6.71. The molecule has 1 aromatic heterocycles. The van der Waals surface area contributed by atoms with Gasteiger partial charge in [0.25, 0.3) is 5.91 Å². The summed E-state index contributed by atoms with van der Waals surface area (Å²) in [5.74, 6) is -0.249. The van der Waals surface area contributed by atoms with Gasteiger partial charge in [0.1, 0.15) is 0 Å². The Bertz CT molecular complexity index is 722. The van der Waals surface area contributed by atoms with Crippen LogP contribution in [0.1, 0.15) is 10.4 Å². The Kier molecular flexibility index (Phi) is 4.94. The lowest BCUT2D eigenvalue weighted by molar-refractivity contribution is 0.0952. The Hall–Kier alpha value is -2.19. The molecule has 1 amide bonds. The zero-order chi connectivity index (χ0) is 16.2. The smallest absolute Gasteiger partial charge is 0.251 e. The second-order valence-corrected chi connectivity index (χ2v) is 6.99. The van der Waals surface area contributed by atoms with E-state index in [2.05, 4.69) is 10.4 Å². The highest BCUT2D eigenvalue weighted by Crippen LogP contribution is 2.13. The highest BCUT2D eigenvalue weighted by Gasteiger charge is 2.17. The van der Waals surface area contributed by atoms with Crippen LogP contribution >= 0.6 is 0 Å². The van der Waals surface area contributed by atoms with Crippen molar-refractivity contribution in [2.24, 2.45) is 0 Å². The first-order valence-corrected chi connectivity index (χ1v) is 8.13. The fourth-order valence-corrected chi connectivity index (χ4v) is 2.71. The van der Waals surface area contributed by atoms with Gasteiger partial charge in [-0.3, -0.25) is 9.48 Å². The van der Waals surface area contributed by atoms with E-state index >= 15 is 0 Å². The summed E-state index contributed by atoms with van der Waals surface area (Å²) in [6.45, 7) is 1.02. The number of hydrogen-bond donors (Lipinski definition) is 1. The summed E-state index contributed by atoms with van der Waals surface area (Å²) in [4.78, 5) is 12.1. The maximum atomic E-state index is 12.0. The molecule has 1 aromatic carbocycles. The normalized spacial score (nSPS) is 11.6. The minimum Gasteiger partial charge on any atom is -0.350 e. The van der Waals surface area contributed by atoms with Crippen molar-refractivity contribution in [3.05, 3.63) is 48.3 Å². The van der Waals surface area contributed by atoms with Gasteiger partial charge in [-0.1, -0.05) is 0 Å². The van der Waals surface area contributed by atoms with Gasteiger partial charge in [-0.15, -0.1) is 0 Å². The molecule has 0 aliphatic heterocycles. The molecule has 0 radical (unpaired) electrons. The molecule has 118 valence electrons. The first kappa shape index (κ1) is 16.2. The average molecular weight is 322 g/mol. The molecule has 8 heteroatoms. The minimum atomic E-state index is -3.48. The molecule has 0 spiro atoms. The third kappa shape index (κ3) is 3.71. The van der Waals surface area contributed by atoms with Gasteiger partial charge in [0.05, 0.1) is 11.4 Å². The van der Waals surface area contributed by atoms with Gasteiger partial charge < -0.3 is 5.32 Å². The van der Waals surface area contributed by atoms with E-state index in [1.54, 1.807) is 10.9 Å². The van der Waals surface area contributed by atoms with Gasteiger partial charge >= 0.3 is 0 Å². The number of benzene rings is 1. The van der Waals surface area contributed by atoms with Gasteiger partial charge in [0, 0.05) is 38.6 Å². The van der Waals surface area contributed by atoms with Crippen molar-refractivity contribution in [2.75, 3.05) is 20.6 Å². The van der Waals surface area contributed by atoms with Gasteiger partial charge in [-0.2, -0.15) is 5.10 Å². The number of carbonyl (C=O) groups excluding carboxylic acids is 1. The fraction of sp³-hybridized carbons (Fsp3) is 0.286. The van der Waals surface area contributed by atoms with Crippen molar-refractivity contribution in [1.82, 2.24) is 19.4 Å². The quantitative estimate of drug-likeness (QED) is 0.842. The Morgan fingerprint density at radius 1 is 1.27 bits per heavy atom. The minimum absolute atomic E-state index is 0.158. The van der Waals surface area contributed by atoms with E-state index in [0.29, 0.717) is 18.7 Å². The number of nitrogens with one attached hydrogen (secondary N) is 1. The summed E-state index contributed by atoms with van der Waals surface area (Å²) in [7, 11) is -0.549. The molecule has 0 aliphatic rings. The maximum absolute atomic E-state index is 12.0. The molecule has 1 N–H and O–H groups in total. The molecule has 1 heterocycles. The summed E-state index contributed by atoms with van der Waals surface area (Å²) in [5, 5.41) is 6.79. The molecular weight excluding hydrogens is 304 g/mol. The Balaban J connectivity index is 1.96. The van der Waals surface area contributed by atoms with Crippen LogP contribution in [-0.4, -0.2) is 49.1 Å². The zero-order valence-corrected chi connectivity index (χ0v) is 13.2. The summed E-state index contributed by atoms with van der Waals surface area (Å²) in [5.41, 5.74) is 0.415. The fourth-order valence-electron chi connectivity index (χ4n) is 1.81. The van der Waals surface area contributed by atoms with Crippen molar-refractivity contribution in [1.29, 1.82) is 0 Å². The van der Waals surface area contributed by atoms with Crippen molar-refractivity contribution < 1.29 is 13.2 Å². The Morgan fingerprint density at radius 2 is 1.95 bits per heavy atom. The standard InChI is InChI=1S/C14H18N4O3S/c1-17(2)22(20,21)13-6-4-12(5-7-13)14(19)15-9-11-18-10-3-8-16-18/h3-8,10H,9,11H2,1-2H3,(H,15,19). The molecule has 7 nitrogen and oxygen atoms in total. The highest BCUT2D eigenvalue weighted by atomic mass is 32.2. The first-order chi connectivity index (χ1) is 10.4. The molecule has 0 fully saturated rings. The van der Waals surface area contributed by atoms with E-state index in [1.165, 1.54) is 38.4 Å². The van der Waals surface area contributed by atoms with Crippen LogP contribution in [0.5, 0.6) is 0 Å². The van der Waals surface area contributed by atoms with E-state index < -0.39 is 10.0 Å². The van der Waals surface area contributed by atoms with Crippen LogP contribution in [0.3, 0.4) is 0 Å². The van der Waals surface area contributed by atoms with Crippen LogP contribution in [0, 0.1) is 0 Å². The lowest BCUT2D eigenvalue weighted by Crippen LogP contribution is -2.27. The van der Waals surface area contributed by atoms with Gasteiger partial charge in [-0.25, -0.2) is 12.7 Å². The average Bonchev–Trinajstić information content (AvgIpc) is 3.00. The van der Waals surface area contributed by atoms with Crippen LogP contribution in [0.25, 0.3) is 0 Å². The number of nitrogens with zero attached hydrogens (tertiary/aromatic N) is 3. The second-order valence-electron chi connectivity index (χ2n) is 4.84. The van der Waals surface area contributed by atoms with E-state index in [-0.39, 0.29) is 10.8 Å². The highest BCUT2D eigenvalue weighted by molar-refractivity contribution is 7.89. The first-order valence-electron chi connectivity index (χ1n) is 6.69. The van der Waals surface area contributed by atoms with Gasteiger partial charge in [0.2, 0.25) is 10.0 Å². The summed E-state index contributed by atoms with van der Waals surface area (Å²) < 4.78 is 26.7. The van der Waals surface area contributed by atoms with E-state index in [1.807, 2.05) is 12.3 Å². The number of amides is 1. The molecule has 0 saturated heterocycles. The summed E-state index contributed by atoms with van der Waals surface area (Å²) in [6, 6.07) is 7.67. The van der Waals surface area contributed by atoms with E-state index in [9.17, 15) is 13.2 Å². The maximum Gasteiger partial charge on any atom is 0.251 e. The molecule has 0 saturated carbocycles. The van der Waals surface area contributed by atoms with Crippen LogP contribution in [0.15, 0.2) is 47.6 Å². The molecule has 2 aromatic rings. The lowest BCUT2D eigenvalue weighted by Gasteiger charge is -2.11. The van der Waals surface area contributed by atoms with Crippen LogP contribution in [-0.2, 0) is 16.6 Å². The molecule has 0 aliphatic carbocycles. The van der Waals surface area contributed by atoms with Crippen molar-refractivity contribution in [2.45, 2.75) is 11.4 Å². The number of rotatable bonds is 6. The van der Waals surface area contributed by atoms with Crippen molar-refractivity contribution in [3.63, 3.8) is 0 Å². The van der Waals surface area contributed by atoms with Crippen molar-refractivity contribution in [3.8, 4) is 0 Å². The van der Waals surface area contributed by atoms with Crippen LogP contribution in [0.4, 0.5) is 0 Å². The lowest BCUT2D eigenvalue weighted by atomic mass is 10.2. The molecule has 22 heavy (non-hydrogen) atoms. The molecule has 0 atom stereocenters. The number of hydrogen-bond acceptors (Lipinski definition) is 4. The predicted octanol–water partition coefficient (Wildman–Crippen LogP) is 0.563. The van der Waals surface area contributed by atoms with Crippen LogP contribution < -0.4 is 5.32 Å².